The van der Waals surface area contributed by atoms with Crippen molar-refractivity contribution in [2.45, 2.75) is 0 Å². The zero-order chi connectivity index (χ0) is 16.9. The van der Waals surface area contributed by atoms with Gasteiger partial charge in [0, 0.05) is 27.3 Å². The summed E-state index contributed by atoms with van der Waals surface area (Å²) in [6.45, 7) is 0. The van der Waals surface area contributed by atoms with Gasteiger partial charge in [0.05, 0.1) is 7.11 Å². The standard InChI is InChI=1S/C19H15OS.CO2/c1-20-16-10-4-7-13-19(16)21-17-11-5-2-8-14(17)15-9-3-6-12-18(15)21;2-1-3/h2-13H,1H3;/q+1;. The zero-order valence-electron chi connectivity index (χ0n) is 13.1. The Balaban J connectivity index is 0.000000526. The second-order valence-corrected chi connectivity index (χ2v) is 6.96. The van der Waals surface area contributed by atoms with Gasteiger partial charge in [-0.15, -0.1) is 0 Å². The number of para-hydroxylation sites is 1. The Morgan fingerprint density at radius 1 is 0.750 bits per heavy atom. The van der Waals surface area contributed by atoms with Crippen LogP contribution in [0.5, 0.6) is 5.75 Å². The summed E-state index contributed by atoms with van der Waals surface area (Å²) >= 11 is 0. The van der Waals surface area contributed by atoms with Crippen LogP contribution < -0.4 is 4.74 Å². The highest BCUT2D eigenvalue weighted by Crippen LogP contribution is 2.50. The molecule has 0 atom stereocenters. The van der Waals surface area contributed by atoms with Gasteiger partial charge in [-0.05, 0) is 30.3 Å². The largest absolute Gasteiger partial charge is 0.491 e. The van der Waals surface area contributed by atoms with Gasteiger partial charge < -0.3 is 4.74 Å². The van der Waals surface area contributed by atoms with Crippen molar-refractivity contribution in [2.75, 3.05) is 7.11 Å². The first-order valence-electron chi connectivity index (χ1n) is 7.37. The van der Waals surface area contributed by atoms with Crippen molar-refractivity contribution in [1.82, 2.24) is 0 Å². The molecule has 0 saturated carbocycles. The van der Waals surface area contributed by atoms with E-state index in [2.05, 4.69) is 60.7 Å². The van der Waals surface area contributed by atoms with E-state index >= 15 is 0 Å². The second-order valence-electron chi connectivity index (χ2n) is 5.03. The molecule has 1 heterocycles. The minimum atomic E-state index is -0.0770. The molecule has 0 radical (unpaired) electrons. The van der Waals surface area contributed by atoms with E-state index in [1.165, 1.54) is 25.1 Å². The van der Waals surface area contributed by atoms with Gasteiger partial charge in [0.15, 0.2) is 15.1 Å². The number of hydrogen-bond donors (Lipinski definition) is 0. The number of fused-ring (bicyclic) bond motifs is 3. The minimum absolute atomic E-state index is 0.0770. The van der Waals surface area contributed by atoms with Crippen molar-refractivity contribution in [3.05, 3.63) is 72.8 Å². The van der Waals surface area contributed by atoms with E-state index in [0.717, 1.165) is 5.75 Å². The van der Waals surface area contributed by atoms with E-state index in [4.69, 9.17) is 14.3 Å². The van der Waals surface area contributed by atoms with Crippen molar-refractivity contribution in [1.29, 1.82) is 0 Å². The van der Waals surface area contributed by atoms with Crippen LogP contribution in [0.25, 0.3) is 25.1 Å². The Bertz CT molecular complexity index is 974. The molecule has 3 aromatic carbocycles. The van der Waals surface area contributed by atoms with E-state index in [1.807, 2.05) is 12.1 Å². The van der Waals surface area contributed by atoms with Gasteiger partial charge >= 0.3 is 6.15 Å². The lowest BCUT2D eigenvalue weighted by Crippen LogP contribution is -1.84. The van der Waals surface area contributed by atoms with Crippen LogP contribution in [0.15, 0.2) is 72.8 Å². The van der Waals surface area contributed by atoms with Crippen molar-refractivity contribution in [3.63, 3.8) is 0 Å². The van der Waals surface area contributed by atoms with Crippen molar-refractivity contribution in [2.24, 2.45) is 0 Å². The Morgan fingerprint density at radius 2 is 1.21 bits per heavy atom. The highest BCUT2D eigenvalue weighted by atomic mass is 32.2. The molecule has 0 aliphatic heterocycles. The molecule has 0 bridgehead atoms. The van der Waals surface area contributed by atoms with E-state index in [9.17, 15) is 0 Å². The zero-order valence-corrected chi connectivity index (χ0v) is 13.9. The van der Waals surface area contributed by atoms with Gasteiger partial charge in [0.25, 0.3) is 0 Å². The van der Waals surface area contributed by atoms with E-state index in [0.29, 0.717) is 0 Å². The van der Waals surface area contributed by atoms with Crippen LogP contribution in [-0.4, -0.2) is 13.3 Å². The third kappa shape index (κ3) is 2.69. The fourth-order valence-electron chi connectivity index (χ4n) is 2.88. The molecule has 0 spiro atoms. The quantitative estimate of drug-likeness (QED) is 0.475. The fourth-order valence-corrected chi connectivity index (χ4v) is 5.38. The lowest BCUT2D eigenvalue weighted by molar-refractivity contribution is -0.191. The Labute approximate surface area is 142 Å². The van der Waals surface area contributed by atoms with Crippen LogP contribution in [-0.2, 0) is 9.59 Å². The Morgan fingerprint density at radius 3 is 1.75 bits per heavy atom. The molecule has 0 aliphatic rings. The van der Waals surface area contributed by atoms with Crippen molar-refractivity contribution in [3.8, 4) is 10.6 Å². The van der Waals surface area contributed by atoms with Gasteiger partial charge in [-0.2, -0.15) is 9.59 Å². The molecule has 0 saturated heterocycles. The minimum Gasteiger partial charge on any atom is -0.491 e. The smallest absolute Gasteiger partial charge is 0.373 e. The summed E-state index contributed by atoms with van der Waals surface area (Å²) in [5.74, 6) is 0.965. The van der Waals surface area contributed by atoms with Crippen LogP contribution in [0.3, 0.4) is 0 Å². The van der Waals surface area contributed by atoms with Gasteiger partial charge in [0.1, 0.15) is 0 Å². The monoisotopic (exact) mass is 335 g/mol. The molecular weight excluding hydrogens is 320 g/mol. The molecule has 4 aromatic rings. The average Bonchev–Trinajstić information content (AvgIpc) is 2.97. The summed E-state index contributed by atoms with van der Waals surface area (Å²) < 4.78 is 8.38. The van der Waals surface area contributed by atoms with Gasteiger partial charge in [-0.25, -0.2) is 0 Å². The maximum absolute atomic E-state index is 8.12. The number of methoxy groups -OCH3 is 1. The normalized spacial score (nSPS) is 10.0. The maximum Gasteiger partial charge on any atom is 0.373 e. The number of hydrogen-bond acceptors (Lipinski definition) is 3. The first-order chi connectivity index (χ1) is 11.8. The highest BCUT2D eigenvalue weighted by molar-refractivity contribution is 7.50. The van der Waals surface area contributed by atoms with Gasteiger partial charge in [0.2, 0.25) is 4.90 Å². The summed E-state index contributed by atoms with van der Waals surface area (Å²) in [4.78, 5) is 17.5. The molecule has 4 rings (SSSR count). The van der Waals surface area contributed by atoms with Crippen molar-refractivity contribution < 1.29 is 14.3 Å². The van der Waals surface area contributed by atoms with Crippen LogP contribution in [0.2, 0.25) is 0 Å². The summed E-state index contributed by atoms with van der Waals surface area (Å²) in [6, 6.07) is 25.7. The van der Waals surface area contributed by atoms with Crippen LogP contribution >= 0.6 is 10.5 Å². The van der Waals surface area contributed by atoms with Crippen LogP contribution in [0, 0.1) is 0 Å². The van der Waals surface area contributed by atoms with Crippen LogP contribution in [0.4, 0.5) is 0 Å². The molecule has 1 aromatic heterocycles. The Kier molecular flexibility index (Phi) is 4.71. The predicted molar refractivity (Wildman–Crippen MR) is 96.8 cm³/mol. The number of benzene rings is 3. The van der Waals surface area contributed by atoms with E-state index in [1.54, 1.807) is 7.11 Å². The first-order valence-corrected chi connectivity index (χ1v) is 8.59. The molecule has 3 nitrogen and oxygen atoms in total. The van der Waals surface area contributed by atoms with E-state index in [-0.39, 0.29) is 16.6 Å². The molecule has 0 N–H and O–H groups in total. The molecule has 118 valence electrons. The van der Waals surface area contributed by atoms with Crippen molar-refractivity contribution >= 4 is 36.8 Å². The molecule has 4 heteroatoms. The fraction of sp³-hybridized carbons (Fsp3) is 0.0500. The summed E-state index contributed by atoms with van der Waals surface area (Å²) in [5, 5.41) is 2.70. The topological polar surface area (TPSA) is 43.4 Å². The predicted octanol–water partition coefficient (Wildman–Crippen LogP) is 5.16. The molecule has 0 aliphatic carbocycles. The first kappa shape index (κ1) is 15.9. The number of thiophene rings is 1. The van der Waals surface area contributed by atoms with Gasteiger partial charge in [-0.3, -0.25) is 0 Å². The maximum atomic E-state index is 8.12. The molecule has 0 amide bonds. The lowest BCUT2D eigenvalue weighted by atomic mass is 10.2. The average molecular weight is 335 g/mol. The van der Waals surface area contributed by atoms with Crippen LogP contribution in [0.1, 0.15) is 0 Å². The summed E-state index contributed by atoms with van der Waals surface area (Å²) in [7, 11) is 1.67. The third-order valence-electron chi connectivity index (χ3n) is 3.79. The number of carbonyl (C=O) groups excluding carboxylic acids is 2. The molecular formula is C20H15O3S+. The SMILES string of the molecule is COc1ccccc1-[s+]1c2ccccc2c2ccccc21.O=C=O. The number of ether oxygens (including phenoxy) is 1. The highest BCUT2D eigenvalue weighted by Gasteiger charge is 2.25. The molecule has 0 unspecified atom stereocenters. The molecule has 0 fully saturated rings. The summed E-state index contributed by atoms with van der Waals surface area (Å²) in [5.41, 5.74) is 0. The summed E-state index contributed by atoms with van der Waals surface area (Å²) in [6.07, 6.45) is 0.250. The lowest BCUT2D eigenvalue weighted by Gasteiger charge is -2.01. The van der Waals surface area contributed by atoms with Gasteiger partial charge in [-0.1, -0.05) is 36.4 Å². The Hall–Kier alpha value is -2.94. The second kappa shape index (κ2) is 7.09. The number of rotatable bonds is 2. The third-order valence-corrected chi connectivity index (χ3v) is 6.16. The van der Waals surface area contributed by atoms with E-state index < -0.39 is 0 Å². The molecule has 24 heavy (non-hydrogen) atoms.